The van der Waals surface area contributed by atoms with Gasteiger partial charge in [-0.3, -0.25) is 4.79 Å². The molecule has 0 spiro atoms. The van der Waals surface area contributed by atoms with E-state index >= 15 is 0 Å². The maximum absolute atomic E-state index is 11.6. The number of aliphatic hydroxyl groups is 1. The molecule has 88 valence electrons. The van der Waals surface area contributed by atoms with Gasteiger partial charge in [-0.25, -0.2) is 0 Å². The van der Waals surface area contributed by atoms with Gasteiger partial charge in [-0.15, -0.1) is 0 Å². The zero-order valence-corrected chi connectivity index (χ0v) is 9.59. The Labute approximate surface area is 98.6 Å². The molecule has 1 heterocycles. The number of aliphatic hydroxyl groups excluding tert-OH is 1. The van der Waals surface area contributed by atoms with Gasteiger partial charge in [0, 0.05) is 13.2 Å². The van der Waals surface area contributed by atoms with E-state index in [1.165, 1.54) is 6.07 Å². The first-order valence-electron chi connectivity index (χ1n) is 5.30. The van der Waals surface area contributed by atoms with Gasteiger partial charge in [0.25, 0.3) is 5.91 Å². The lowest BCUT2D eigenvalue weighted by molar-refractivity contribution is 0.0913. The molecule has 0 aliphatic heterocycles. The maximum Gasteiger partial charge on any atom is 0.287 e. The van der Waals surface area contributed by atoms with Crippen molar-refractivity contribution in [2.24, 2.45) is 5.41 Å². The summed E-state index contributed by atoms with van der Waals surface area (Å²) in [5, 5.41) is 11.9. The lowest BCUT2D eigenvalue weighted by atomic mass is 10.0. The van der Waals surface area contributed by atoms with E-state index in [9.17, 15) is 4.79 Å². The molecule has 1 aliphatic carbocycles. The Morgan fingerprint density at radius 2 is 2.31 bits per heavy atom. The second-order valence-corrected chi connectivity index (χ2v) is 4.63. The van der Waals surface area contributed by atoms with Crippen molar-refractivity contribution >= 4 is 17.5 Å². The number of hydrogen-bond acceptors (Lipinski definition) is 3. The molecule has 2 rings (SSSR count). The van der Waals surface area contributed by atoms with Crippen LogP contribution in [0.25, 0.3) is 0 Å². The summed E-state index contributed by atoms with van der Waals surface area (Å²) in [6.45, 7) is 0.757. The molecule has 0 unspecified atom stereocenters. The smallest absolute Gasteiger partial charge is 0.287 e. The van der Waals surface area contributed by atoms with E-state index in [2.05, 4.69) is 5.32 Å². The molecular weight excluding hydrogens is 230 g/mol. The van der Waals surface area contributed by atoms with Crippen molar-refractivity contribution in [2.45, 2.75) is 19.3 Å². The number of amides is 1. The molecule has 0 bridgehead atoms. The van der Waals surface area contributed by atoms with Crippen molar-refractivity contribution in [1.82, 2.24) is 5.32 Å². The first-order chi connectivity index (χ1) is 7.65. The van der Waals surface area contributed by atoms with Crippen LogP contribution in [0, 0.1) is 5.41 Å². The summed E-state index contributed by atoms with van der Waals surface area (Å²) in [6.07, 6.45) is 2.87. The first-order valence-corrected chi connectivity index (χ1v) is 5.67. The van der Waals surface area contributed by atoms with Crippen LogP contribution in [0.2, 0.25) is 5.22 Å². The quantitative estimate of drug-likeness (QED) is 0.829. The fourth-order valence-electron chi connectivity index (χ4n) is 1.72. The van der Waals surface area contributed by atoms with E-state index in [4.69, 9.17) is 21.1 Å². The largest absolute Gasteiger partial charge is 0.440 e. The Kier molecular flexibility index (Phi) is 3.21. The van der Waals surface area contributed by atoms with E-state index in [0.29, 0.717) is 6.54 Å². The van der Waals surface area contributed by atoms with Crippen LogP contribution in [0.1, 0.15) is 29.8 Å². The predicted molar refractivity (Wildman–Crippen MR) is 59.4 cm³/mol. The molecule has 4 nitrogen and oxygen atoms in total. The van der Waals surface area contributed by atoms with Gasteiger partial charge in [0.15, 0.2) is 11.0 Å². The summed E-state index contributed by atoms with van der Waals surface area (Å²) in [5.41, 5.74) is 0.112. The SMILES string of the molecule is O=C(NCC1(CCO)CC1)c1ccc(Cl)o1. The molecule has 0 saturated heterocycles. The summed E-state index contributed by atoms with van der Waals surface area (Å²) in [4.78, 5) is 11.6. The highest BCUT2D eigenvalue weighted by molar-refractivity contribution is 6.29. The molecule has 1 fully saturated rings. The van der Waals surface area contributed by atoms with Crippen LogP contribution in [0.5, 0.6) is 0 Å². The topological polar surface area (TPSA) is 62.5 Å². The molecule has 1 aromatic heterocycles. The lowest BCUT2D eigenvalue weighted by Gasteiger charge is -2.13. The van der Waals surface area contributed by atoms with Crippen LogP contribution in [0.4, 0.5) is 0 Å². The normalized spacial score (nSPS) is 17.1. The number of hydrogen-bond donors (Lipinski definition) is 2. The molecular formula is C11H14ClNO3. The molecule has 1 aromatic rings. The number of carbonyl (C=O) groups excluding carboxylic acids is 1. The zero-order valence-electron chi connectivity index (χ0n) is 8.83. The van der Waals surface area contributed by atoms with Crippen LogP contribution in [0.15, 0.2) is 16.5 Å². The zero-order chi connectivity index (χ0) is 11.6. The summed E-state index contributed by atoms with van der Waals surface area (Å²) >= 11 is 5.58. The van der Waals surface area contributed by atoms with Crippen molar-refractivity contribution in [3.05, 3.63) is 23.1 Å². The van der Waals surface area contributed by atoms with Crippen molar-refractivity contribution in [3.63, 3.8) is 0 Å². The van der Waals surface area contributed by atoms with Crippen LogP contribution in [0.3, 0.4) is 0 Å². The minimum atomic E-state index is -0.254. The predicted octanol–water partition coefficient (Wildman–Crippen LogP) is 1.83. The van der Waals surface area contributed by atoms with Gasteiger partial charge in [-0.05, 0) is 48.4 Å². The molecule has 16 heavy (non-hydrogen) atoms. The second-order valence-electron chi connectivity index (χ2n) is 4.26. The van der Waals surface area contributed by atoms with Crippen molar-refractivity contribution < 1.29 is 14.3 Å². The van der Waals surface area contributed by atoms with Gasteiger partial charge in [0.1, 0.15) is 0 Å². The Morgan fingerprint density at radius 1 is 1.56 bits per heavy atom. The number of halogens is 1. The Hall–Kier alpha value is -1.00. The van der Waals surface area contributed by atoms with Crippen LogP contribution >= 0.6 is 11.6 Å². The standard InChI is InChI=1S/C11H14ClNO3/c12-9-2-1-8(16-9)10(15)13-7-11(3-4-11)5-6-14/h1-2,14H,3-7H2,(H,13,15). The first kappa shape index (κ1) is 11.5. The van der Waals surface area contributed by atoms with Crippen LogP contribution in [-0.2, 0) is 0 Å². The second kappa shape index (κ2) is 4.47. The molecule has 1 aliphatic rings. The third-order valence-corrected chi connectivity index (χ3v) is 3.22. The monoisotopic (exact) mass is 243 g/mol. The molecule has 2 N–H and O–H groups in total. The van der Waals surface area contributed by atoms with Crippen LogP contribution in [-0.4, -0.2) is 24.2 Å². The Bertz CT molecular complexity index is 384. The number of nitrogens with one attached hydrogen (secondary N) is 1. The van der Waals surface area contributed by atoms with Crippen LogP contribution < -0.4 is 5.32 Å². The summed E-state index contributed by atoms with van der Waals surface area (Å²) in [7, 11) is 0. The van der Waals surface area contributed by atoms with Gasteiger partial charge >= 0.3 is 0 Å². The molecule has 0 aromatic carbocycles. The van der Waals surface area contributed by atoms with Gasteiger partial charge in [-0.2, -0.15) is 0 Å². The van der Waals surface area contributed by atoms with E-state index < -0.39 is 0 Å². The van der Waals surface area contributed by atoms with Crippen molar-refractivity contribution in [2.75, 3.05) is 13.2 Å². The molecule has 0 atom stereocenters. The fraction of sp³-hybridized carbons (Fsp3) is 0.545. The minimum Gasteiger partial charge on any atom is -0.440 e. The highest BCUT2D eigenvalue weighted by atomic mass is 35.5. The number of furan rings is 1. The van der Waals surface area contributed by atoms with E-state index in [0.717, 1.165) is 19.3 Å². The highest BCUT2D eigenvalue weighted by Gasteiger charge is 2.42. The lowest BCUT2D eigenvalue weighted by Crippen LogP contribution is -2.30. The van der Waals surface area contributed by atoms with E-state index in [-0.39, 0.29) is 28.9 Å². The van der Waals surface area contributed by atoms with Crippen molar-refractivity contribution in [3.8, 4) is 0 Å². The van der Waals surface area contributed by atoms with Crippen molar-refractivity contribution in [1.29, 1.82) is 0 Å². The summed E-state index contributed by atoms with van der Waals surface area (Å²) in [5.74, 6) is -0.0269. The third-order valence-electron chi connectivity index (χ3n) is 3.02. The van der Waals surface area contributed by atoms with E-state index in [1.54, 1.807) is 6.07 Å². The molecule has 1 saturated carbocycles. The minimum absolute atomic E-state index is 0.112. The summed E-state index contributed by atoms with van der Waals surface area (Å²) in [6, 6.07) is 3.08. The Morgan fingerprint density at radius 3 is 2.81 bits per heavy atom. The highest BCUT2D eigenvalue weighted by Crippen LogP contribution is 2.47. The molecule has 1 amide bonds. The summed E-state index contributed by atoms with van der Waals surface area (Å²) < 4.78 is 4.99. The Balaban J connectivity index is 1.84. The molecule has 5 heteroatoms. The van der Waals surface area contributed by atoms with Gasteiger partial charge in [-0.1, -0.05) is 0 Å². The van der Waals surface area contributed by atoms with E-state index in [1.807, 2.05) is 0 Å². The maximum atomic E-state index is 11.6. The average Bonchev–Trinajstić information content (AvgIpc) is 2.89. The number of rotatable bonds is 5. The molecule has 0 radical (unpaired) electrons. The van der Waals surface area contributed by atoms with Gasteiger partial charge < -0.3 is 14.8 Å². The fourth-order valence-corrected chi connectivity index (χ4v) is 1.87. The van der Waals surface area contributed by atoms with Gasteiger partial charge in [0.2, 0.25) is 0 Å². The third kappa shape index (κ3) is 2.57. The average molecular weight is 244 g/mol. The number of carbonyl (C=O) groups is 1. The van der Waals surface area contributed by atoms with Gasteiger partial charge in [0.05, 0.1) is 0 Å².